The molecule has 1 amide bonds. The molecular formula is C18H22N2O2. The zero-order valence-corrected chi connectivity index (χ0v) is 13.1. The number of nitrogens with zero attached hydrogens (tertiary/aromatic N) is 1. The van der Waals surface area contributed by atoms with Gasteiger partial charge >= 0.3 is 0 Å². The lowest BCUT2D eigenvalue weighted by Crippen LogP contribution is -2.33. The van der Waals surface area contributed by atoms with Crippen LogP contribution in [0.3, 0.4) is 0 Å². The maximum absolute atomic E-state index is 12.6. The van der Waals surface area contributed by atoms with E-state index in [9.17, 15) is 4.79 Å². The maximum atomic E-state index is 12.6. The number of carbonyl (C=O) groups excluding carboxylic acids is 1. The van der Waals surface area contributed by atoms with Crippen LogP contribution in [0.4, 0.5) is 0 Å². The first-order valence-corrected chi connectivity index (χ1v) is 7.75. The van der Waals surface area contributed by atoms with Gasteiger partial charge in [0.1, 0.15) is 5.76 Å². The first-order chi connectivity index (χ1) is 10.6. The SMILES string of the molecule is Cc1ccccc1C1CC(C)N(C(=O)c2ccc(CN)o2)C1. The smallest absolute Gasteiger partial charge is 0.289 e. The van der Waals surface area contributed by atoms with Crippen molar-refractivity contribution in [1.82, 2.24) is 4.90 Å². The number of rotatable bonds is 3. The van der Waals surface area contributed by atoms with Crippen LogP contribution in [-0.4, -0.2) is 23.4 Å². The van der Waals surface area contributed by atoms with E-state index in [4.69, 9.17) is 10.2 Å². The van der Waals surface area contributed by atoms with Gasteiger partial charge in [-0.05, 0) is 43.5 Å². The Morgan fingerprint density at radius 3 is 2.77 bits per heavy atom. The summed E-state index contributed by atoms with van der Waals surface area (Å²) in [5, 5.41) is 0. The number of amides is 1. The summed E-state index contributed by atoms with van der Waals surface area (Å²) >= 11 is 0. The van der Waals surface area contributed by atoms with Crippen molar-refractivity contribution in [3.05, 3.63) is 59.0 Å². The second-order valence-corrected chi connectivity index (χ2v) is 6.07. The van der Waals surface area contributed by atoms with Crippen molar-refractivity contribution in [3.8, 4) is 0 Å². The minimum Gasteiger partial charge on any atom is -0.455 e. The average molecular weight is 298 g/mol. The van der Waals surface area contributed by atoms with Crippen LogP contribution in [0.1, 0.15) is 46.7 Å². The molecule has 1 aromatic carbocycles. The van der Waals surface area contributed by atoms with Crippen molar-refractivity contribution in [1.29, 1.82) is 0 Å². The van der Waals surface area contributed by atoms with Crippen LogP contribution in [0, 0.1) is 6.92 Å². The first-order valence-electron chi connectivity index (χ1n) is 7.75. The van der Waals surface area contributed by atoms with Gasteiger partial charge in [0.25, 0.3) is 5.91 Å². The third kappa shape index (κ3) is 2.66. The molecule has 116 valence electrons. The molecule has 1 fully saturated rings. The zero-order valence-electron chi connectivity index (χ0n) is 13.1. The number of nitrogens with two attached hydrogens (primary N) is 1. The lowest BCUT2D eigenvalue weighted by Gasteiger charge is -2.20. The number of carbonyl (C=O) groups is 1. The van der Waals surface area contributed by atoms with E-state index >= 15 is 0 Å². The molecular weight excluding hydrogens is 276 g/mol. The fraction of sp³-hybridized carbons (Fsp3) is 0.389. The van der Waals surface area contributed by atoms with Crippen LogP contribution in [-0.2, 0) is 6.54 Å². The summed E-state index contributed by atoms with van der Waals surface area (Å²) in [6.45, 7) is 5.28. The molecule has 2 aromatic rings. The predicted molar refractivity (Wildman–Crippen MR) is 85.6 cm³/mol. The standard InChI is InChI=1S/C18H22N2O2/c1-12-5-3-4-6-16(12)14-9-13(2)20(11-14)18(21)17-8-7-15(10-19)22-17/h3-8,13-14H,9-11,19H2,1-2H3. The van der Waals surface area contributed by atoms with Crippen molar-refractivity contribution >= 4 is 5.91 Å². The zero-order chi connectivity index (χ0) is 15.7. The largest absolute Gasteiger partial charge is 0.455 e. The Kier molecular flexibility index (Phi) is 4.03. The van der Waals surface area contributed by atoms with E-state index in [1.165, 1.54) is 11.1 Å². The van der Waals surface area contributed by atoms with E-state index in [0.29, 0.717) is 24.0 Å². The predicted octanol–water partition coefficient (Wildman–Crippen LogP) is 3.06. The molecule has 4 nitrogen and oxygen atoms in total. The molecule has 0 saturated carbocycles. The summed E-state index contributed by atoms with van der Waals surface area (Å²) in [5.41, 5.74) is 8.17. The van der Waals surface area contributed by atoms with Crippen molar-refractivity contribution < 1.29 is 9.21 Å². The molecule has 0 aliphatic carbocycles. The van der Waals surface area contributed by atoms with Crippen LogP contribution in [0.2, 0.25) is 0 Å². The van der Waals surface area contributed by atoms with Crippen molar-refractivity contribution in [2.75, 3.05) is 6.54 Å². The Bertz CT molecular complexity index is 677. The van der Waals surface area contributed by atoms with Crippen LogP contribution in [0.15, 0.2) is 40.8 Å². The molecule has 1 aliphatic heterocycles. The van der Waals surface area contributed by atoms with Gasteiger partial charge < -0.3 is 15.1 Å². The second-order valence-electron chi connectivity index (χ2n) is 6.07. The fourth-order valence-electron chi connectivity index (χ4n) is 3.33. The summed E-state index contributed by atoms with van der Waals surface area (Å²) in [7, 11) is 0. The quantitative estimate of drug-likeness (QED) is 0.947. The summed E-state index contributed by atoms with van der Waals surface area (Å²) < 4.78 is 5.50. The minimum absolute atomic E-state index is 0.0386. The van der Waals surface area contributed by atoms with Gasteiger partial charge in [-0.25, -0.2) is 0 Å². The summed E-state index contributed by atoms with van der Waals surface area (Å²) in [6, 6.07) is 12.1. The topological polar surface area (TPSA) is 59.5 Å². The van der Waals surface area contributed by atoms with Crippen LogP contribution >= 0.6 is 0 Å². The Morgan fingerprint density at radius 2 is 2.09 bits per heavy atom. The summed E-state index contributed by atoms with van der Waals surface area (Å²) in [5.74, 6) is 1.38. The Balaban J connectivity index is 1.78. The number of hydrogen-bond acceptors (Lipinski definition) is 3. The summed E-state index contributed by atoms with van der Waals surface area (Å²) in [4.78, 5) is 14.6. The number of benzene rings is 1. The lowest BCUT2D eigenvalue weighted by molar-refractivity contribution is 0.0711. The van der Waals surface area contributed by atoms with Gasteiger partial charge in [-0.2, -0.15) is 0 Å². The third-order valence-corrected chi connectivity index (χ3v) is 4.54. The van der Waals surface area contributed by atoms with Gasteiger partial charge in [-0.15, -0.1) is 0 Å². The second kappa shape index (κ2) is 5.97. The Labute approximate surface area is 130 Å². The molecule has 1 aromatic heterocycles. The van der Waals surface area contributed by atoms with Crippen molar-refractivity contribution in [3.63, 3.8) is 0 Å². The van der Waals surface area contributed by atoms with E-state index < -0.39 is 0 Å². The van der Waals surface area contributed by atoms with Crippen LogP contribution in [0.5, 0.6) is 0 Å². The minimum atomic E-state index is -0.0386. The molecule has 1 aliphatic rings. The molecule has 0 radical (unpaired) electrons. The molecule has 2 heterocycles. The van der Waals surface area contributed by atoms with Gasteiger partial charge in [0, 0.05) is 18.5 Å². The summed E-state index contributed by atoms with van der Waals surface area (Å²) in [6.07, 6.45) is 0.987. The fourth-order valence-corrected chi connectivity index (χ4v) is 3.33. The van der Waals surface area contributed by atoms with Gasteiger partial charge in [0.05, 0.1) is 6.54 Å². The Morgan fingerprint density at radius 1 is 1.32 bits per heavy atom. The highest BCUT2D eigenvalue weighted by atomic mass is 16.4. The molecule has 4 heteroatoms. The van der Waals surface area contributed by atoms with E-state index in [0.717, 1.165) is 13.0 Å². The number of furan rings is 1. The average Bonchev–Trinajstić information content (AvgIpc) is 3.13. The highest BCUT2D eigenvalue weighted by Gasteiger charge is 2.35. The molecule has 2 atom stereocenters. The highest BCUT2D eigenvalue weighted by molar-refractivity contribution is 5.92. The van der Waals surface area contributed by atoms with E-state index in [-0.39, 0.29) is 11.9 Å². The number of aryl methyl sites for hydroxylation is 1. The number of likely N-dealkylation sites (tertiary alicyclic amines) is 1. The van der Waals surface area contributed by atoms with Gasteiger partial charge in [-0.3, -0.25) is 4.79 Å². The highest BCUT2D eigenvalue weighted by Crippen LogP contribution is 2.34. The maximum Gasteiger partial charge on any atom is 0.289 e. The molecule has 0 bridgehead atoms. The van der Waals surface area contributed by atoms with Crippen molar-refractivity contribution in [2.45, 2.75) is 38.8 Å². The van der Waals surface area contributed by atoms with Crippen LogP contribution in [0.25, 0.3) is 0 Å². The molecule has 22 heavy (non-hydrogen) atoms. The van der Waals surface area contributed by atoms with E-state index in [1.807, 2.05) is 4.90 Å². The van der Waals surface area contributed by atoms with Gasteiger partial charge in [-0.1, -0.05) is 24.3 Å². The lowest BCUT2D eigenvalue weighted by atomic mass is 9.93. The first kappa shape index (κ1) is 14.9. The normalized spacial score (nSPS) is 21.3. The molecule has 0 spiro atoms. The van der Waals surface area contributed by atoms with E-state index in [2.05, 4.69) is 38.1 Å². The molecule has 3 rings (SSSR count). The molecule has 1 saturated heterocycles. The molecule has 2 unspecified atom stereocenters. The Hall–Kier alpha value is -2.07. The van der Waals surface area contributed by atoms with E-state index in [1.54, 1.807) is 12.1 Å². The third-order valence-electron chi connectivity index (χ3n) is 4.54. The van der Waals surface area contributed by atoms with Crippen LogP contribution < -0.4 is 5.73 Å². The molecule has 2 N–H and O–H groups in total. The monoisotopic (exact) mass is 298 g/mol. The van der Waals surface area contributed by atoms with Crippen molar-refractivity contribution in [2.24, 2.45) is 5.73 Å². The number of hydrogen-bond donors (Lipinski definition) is 1. The van der Waals surface area contributed by atoms with Gasteiger partial charge in [0.2, 0.25) is 0 Å². The van der Waals surface area contributed by atoms with Gasteiger partial charge in [0.15, 0.2) is 5.76 Å².